The zero-order valence-electron chi connectivity index (χ0n) is 26.9. The van der Waals surface area contributed by atoms with E-state index in [1.54, 1.807) is 18.2 Å². The van der Waals surface area contributed by atoms with Gasteiger partial charge in [-0.2, -0.15) is 0 Å². The molecule has 2 N–H and O–H groups in total. The molecular weight excluding hydrogens is 605 g/mol. The molecule has 12 heteroatoms. The third kappa shape index (κ3) is 6.52. The zero-order valence-corrected chi connectivity index (χ0v) is 26.9. The van der Waals surface area contributed by atoms with Gasteiger partial charge in [-0.15, -0.1) is 0 Å². The van der Waals surface area contributed by atoms with Crippen LogP contribution in [0.25, 0.3) is 27.8 Å². The van der Waals surface area contributed by atoms with Gasteiger partial charge in [-0.3, -0.25) is 14.3 Å². The Hall–Kier alpha value is -4.55. The first-order valence-electron chi connectivity index (χ1n) is 16.0. The van der Waals surface area contributed by atoms with Crippen LogP contribution >= 0.6 is 0 Å². The van der Waals surface area contributed by atoms with Gasteiger partial charge in [0.25, 0.3) is 5.56 Å². The molecule has 0 atom stereocenters. The standard InChI is InChI=1S/C35H40FN5O6/c1-35(2,3)41(34(45)46)26-9-7-25(8-10-26)40-32(43)30-19-24(36)20-37-31(30)39(33(40)44)27-6-4-5-22(17-27)29-12-11-28(42)18-23(29)21-38-13-15-47-16-14-38/h4-6,11-12,17-20,25-26,42H,7-10,13-16,21H2,1-3H3,(H,45,46). The highest BCUT2D eigenvalue weighted by atomic mass is 19.1. The van der Waals surface area contributed by atoms with Crippen molar-refractivity contribution >= 4 is 17.1 Å². The van der Waals surface area contributed by atoms with E-state index in [1.807, 2.05) is 45.0 Å². The van der Waals surface area contributed by atoms with Crippen LogP contribution in [0.15, 0.2) is 64.3 Å². The normalized spacial score (nSPS) is 19.1. The fourth-order valence-corrected chi connectivity index (χ4v) is 7.11. The van der Waals surface area contributed by atoms with E-state index in [0.29, 0.717) is 51.1 Å². The fraction of sp³-hybridized carbons (Fsp3) is 0.429. The molecule has 6 rings (SSSR count). The number of morpholine rings is 1. The molecule has 0 radical (unpaired) electrons. The minimum absolute atomic E-state index is 0.0170. The van der Waals surface area contributed by atoms with Crippen LogP contribution in [0.5, 0.6) is 5.75 Å². The van der Waals surface area contributed by atoms with Gasteiger partial charge in [-0.1, -0.05) is 18.2 Å². The highest BCUT2D eigenvalue weighted by Gasteiger charge is 2.37. The van der Waals surface area contributed by atoms with Gasteiger partial charge in [0, 0.05) is 37.3 Å². The maximum Gasteiger partial charge on any atom is 0.407 e. The second-order valence-electron chi connectivity index (χ2n) is 13.4. The van der Waals surface area contributed by atoms with Crippen LogP contribution in [0.2, 0.25) is 0 Å². The molecule has 1 aliphatic heterocycles. The Labute approximate surface area is 271 Å². The molecule has 11 nitrogen and oxygen atoms in total. The third-order valence-corrected chi connectivity index (χ3v) is 9.22. The Morgan fingerprint density at radius 2 is 1.77 bits per heavy atom. The number of benzene rings is 2. The van der Waals surface area contributed by atoms with Crippen molar-refractivity contribution in [1.82, 2.24) is 23.9 Å². The number of hydrogen-bond donors (Lipinski definition) is 2. The van der Waals surface area contributed by atoms with E-state index in [9.17, 15) is 29.0 Å². The van der Waals surface area contributed by atoms with Crippen molar-refractivity contribution in [3.05, 3.63) is 86.9 Å². The summed E-state index contributed by atoms with van der Waals surface area (Å²) in [5, 5.41) is 20.2. The van der Waals surface area contributed by atoms with Crippen LogP contribution in [-0.2, 0) is 11.3 Å². The average Bonchev–Trinajstić information content (AvgIpc) is 3.02. The number of nitrogens with zero attached hydrogens (tertiary/aromatic N) is 5. The van der Waals surface area contributed by atoms with Crippen molar-refractivity contribution < 1.29 is 24.1 Å². The maximum atomic E-state index is 14.5. The minimum Gasteiger partial charge on any atom is -0.508 e. The molecule has 2 aromatic carbocycles. The van der Waals surface area contributed by atoms with Gasteiger partial charge >= 0.3 is 11.8 Å². The molecule has 1 saturated carbocycles. The zero-order chi connectivity index (χ0) is 33.5. The Balaban J connectivity index is 1.42. The number of phenolic OH excluding ortho intramolecular Hbond substituents is 1. The van der Waals surface area contributed by atoms with Crippen molar-refractivity contribution in [2.45, 2.75) is 70.6 Å². The van der Waals surface area contributed by atoms with Crippen LogP contribution in [0.4, 0.5) is 9.18 Å². The van der Waals surface area contributed by atoms with E-state index in [0.717, 1.165) is 42.0 Å². The Bertz CT molecular complexity index is 1920. The van der Waals surface area contributed by atoms with Crippen LogP contribution in [0, 0.1) is 5.82 Å². The van der Waals surface area contributed by atoms with Crippen molar-refractivity contribution in [3.8, 4) is 22.6 Å². The molecule has 1 saturated heterocycles. The lowest BCUT2D eigenvalue weighted by Crippen LogP contribution is -2.53. The first-order valence-corrected chi connectivity index (χ1v) is 16.0. The highest BCUT2D eigenvalue weighted by Crippen LogP contribution is 2.34. The summed E-state index contributed by atoms with van der Waals surface area (Å²) in [6, 6.07) is 12.9. The molecule has 1 aliphatic carbocycles. The van der Waals surface area contributed by atoms with Gasteiger partial charge in [0.1, 0.15) is 11.6 Å². The molecule has 248 valence electrons. The largest absolute Gasteiger partial charge is 0.508 e. The van der Waals surface area contributed by atoms with Crippen molar-refractivity contribution in [2.75, 3.05) is 26.3 Å². The van der Waals surface area contributed by atoms with Crippen molar-refractivity contribution in [1.29, 1.82) is 0 Å². The summed E-state index contributed by atoms with van der Waals surface area (Å²) in [6.07, 6.45) is 1.75. The molecule has 3 heterocycles. The first kappa shape index (κ1) is 32.4. The predicted octanol–water partition coefficient (Wildman–Crippen LogP) is 5.15. The number of hydrogen-bond acceptors (Lipinski definition) is 7. The highest BCUT2D eigenvalue weighted by molar-refractivity contribution is 5.77. The summed E-state index contributed by atoms with van der Waals surface area (Å²) in [4.78, 5) is 48.2. The summed E-state index contributed by atoms with van der Waals surface area (Å²) < 4.78 is 22.6. The number of aromatic hydroxyl groups is 1. The first-order chi connectivity index (χ1) is 22.4. The number of carbonyl (C=O) groups is 1. The molecular formula is C35H40FN5O6. The molecule has 0 unspecified atom stereocenters. The van der Waals surface area contributed by atoms with Crippen molar-refractivity contribution in [2.24, 2.45) is 0 Å². The topological polar surface area (TPSA) is 130 Å². The van der Waals surface area contributed by atoms with Crippen LogP contribution < -0.4 is 11.2 Å². The summed E-state index contributed by atoms with van der Waals surface area (Å²) >= 11 is 0. The van der Waals surface area contributed by atoms with Crippen LogP contribution in [0.3, 0.4) is 0 Å². The van der Waals surface area contributed by atoms with E-state index < -0.39 is 34.7 Å². The van der Waals surface area contributed by atoms with Gasteiger partial charge in [0.15, 0.2) is 5.65 Å². The van der Waals surface area contributed by atoms with Gasteiger partial charge < -0.3 is 19.8 Å². The van der Waals surface area contributed by atoms with Crippen LogP contribution in [0.1, 0.15) is 58.1 Å². The van der Waals surface area contributed by atoms with E-state index >= 15 is 0 Å². The lowest BCUT2D eigenvalue weighted by molar-refractivity contribution is 0.0342. The quantitative estimate of drug-likeness (QED) is 0.295. The lowest BCUT2D eigenvalue weighted by Gasteiger charge is -2.42. The van der Waals surface area contributed by atoms with Gasteiger partial charge in [-0.05, 0) is 93.5 Å². The molecule has 2 aliphatic rings. The molecule has 1 amide bonds. The lowest BCUT2D eigenvalue weighted by atomic mass is 9.88. The number of carboxylic acid groups (broad SMARTS) is 1. The van der Waals surface area contributed by atoms with Crippen LogP contribution in [-0.4, -0.2) is 78.1 Å². The number of fused-ring (bicyclic) bond motifs is 1. The number of ether oxygens (including phenoxy) is 1. The van der Waals surface area contributed by atoms with Gasteiger partial charge in [0.2, 0.25) is 0 Å². The van der Waals surface area contributed by atoms with Gasteiger partial charge in [0.05, 0.1) is 30.5 Å². The molecule has 0 spiro atoms. The van der Waals surface area contributed by atoms with Gasteiger partial charge in [-0.25, -0.2) is 23.5 Å². The van der Waals surface area contributed by atoms with E-state index in [1.165, 1.54) is 14.0 Å². The monoisotopic (exact) mass is 645 g/mol. The average molecular weight is 646 g/mol. The SMILES string of the molecule is CC(C)(C)N(C(=O)O)C1CCC(n2c(=O)c3cc(F)cnc3n(-c3cccc(-c4ccc(O)cc4CN4CCOCC4)c3)c2=O)CC1. The number of phenols is 1. The Morgan fingerprint density at radius 3 is 2.45 bits per heavy atom. The minimum atomic E-state index is -1.01. The molecule has 47 heavy (non-hydrogen) atoms. The van der Waals surface area contributed by atoms with E-state index in [-0.39, 0.29) is 22.8 Å². The second kappa shape index (κ2) is 12.9. The molecule has 0 bridgehead atoms. The number of aromatic nitrogens is 3. The summed E-state index contributed by atoms with van der Waals surface area (Å²) in [5.41, 5.74) is 1.26. The Kier molecular flexibility index (Phi) is 8.91. The molecule has 2 fully saturated rings. The Morgan fingerprint density at radius 1 is 1.04 bits per heavy atom. The summed E-state index contributed by atoms with van der Waals surface area (Å²) in [6.45, 7) is 8.96. The third-order valence-electron chi connectivity index (χ3n) is 9.22. The van der Waals surface area contributed by atoms with E-state index in [4.69, 9.17) is 4.74 Å². The number of halogens is 1. The maximum absolute atomic E-state index is 14.5. The number of rotatable bonds is 6. The predicted molar refractivity (Wildman–Crippen MR) is 176 cm³/mol. The summed E-state index contributed by atoms with van der Waals surface area (Å²) in [5.74, 6) is -0.541. The number of amides is 1. The molecule has 4 aromatic rings. The fourth-order valence-electron chi connectivity index (χ4n) is 7.11. The molecule has 2 aromatic heterocycles. The van der Waals surface area contributed by atoms with E-state index in [2.05, 4.69) is 9.88 Å². The smallest absolute Gasteiger partial charge is 0.407 e. The summed E-state index contributed by atoms with van der Waals surface area (Å²) in [7, 11) is 0. The number of pyridine rings is 1. The second-order valence-corrected chi connectivity index (χ2v) is 13.4. The van der Waals surface area contributed by atoms with Crippen molar-refractivity contribution in [3.63, 3.8) is 0 Å².